The second kappa shape index (κ2) is 7.94. The van der Waals surface area contributed by atoms with Crippen molar-refractivity contribution in [3.8, 4) is 0 Å². The summed E-state index contributed by atoms with van der Waals surface area (Å²) in [5, 5.41) is 8.98. The van der Waals surface area contributed by atoms with Crippen LogP contribution in [0.2, 0.25) is 0 Å². The normalized spacial score (nSPS) is 22.8. The molecule has 5 heteroatoms. The third kappa shape index (κ3) is 3.73. The molecule has 1 N–H and O–H groups in total. The van der Waals surface area contributed by atoms with Crippen molar-refractivity contribution in [1.82, 2.24) is 4.90 Å². The van der Waals surface area contributed by atoms with Gasteiger partial charge in [0.1, 0.15) is 6.61 Å². The predicted octanol–water partition coefficient (Wildman–Crippen LogP) is 3.41. The molecular weight excluding hydrogens is 364 g/mol. The average molecular weight is 397 g/mol. The highest BCUT2D eigenvalue weighted by Crippen LogP contribution is 2.45. The van der Waals surface area contributed by atoms with Crippen LogP contribution in [-0.2, 0) is 9.59 Å². The zero-order valence-electron chi connectivity index (χ0n) is 17.4. The standard InChI is InChI=1S/C24H32N2O3/c1-23(12-5-2-6-13-23)22(29)25-17-24(18-25)14-7-15-26(24)21-9-4-3-8-19(21)10-11-20(28)16-27/h3-4,8-11,27H,2,5-7,12-18H2,1H3/b11-10+. The van der Waals surface area contributed by atoms with Crippen LogP contribution in [0.5, 0.6) is 0 Å². The zero-order valence-corrected chi connectivity index (χ0v) is 17.4. The maximum atomic E-state index is 13.2. The van der Waals surface area contributed by atoms with Gasteiger partial charge in [0.25, 0.3) is 0 Å². The smallest absolute Gasteiger partial charge is 0.228 e. The minimum atomic E-state index is -0.470. The number of ketones is 1. The van der Waals surface area contributed by atoms with Gasteiger partial charge in [0.15, 0.2) is 5.78 Å². The number of hydrogen-bond acceptors (Lipinski definition) is 4. The first-order chi connectivity index (χ1) is 14.0. The Morgan fingerprint density at radius 2 is 1.79 bits per heavy atom. The minimum Gasteiger partial charge on any atom is -0.388 e. The molecule has 0 bridgehead atoms. The predicted molar refractivity (Wildman–Crippen MR) is 115 cm³/mol. The highest BCUT2D eigenvalue weighted by atomic mass is 16.3. The molecule has 156 valence electrons. The summed E-state index contributed by atoms with van der Waals surface area (Å²) in [6.45, 7) is 4.26. The molecule has 3 aliphatic rings. The molecule has 4 rings (SSSR count). The Bertz CT molecular complexity index is 804. The Labute approximate surface area is 173 Å². The van der Waals surface area contributed by atoms with Gasteiger partial charge in [-0.25, -0.2) is 0 Å². The summed E-state index contributed by atoms with van der Waals surface area (Å²) in [5.74, 6) is 0.0495. The first-order valence-electron chi connectivity index (χ1n) is 11.0. The van der Waals surface area contributed by atoms with Gasteiger partial charge in [-0.2, -0.15) is 0 Å². The summed E-state index contributed by atoms with van der Waals surface area (Å²) >= 11 is 0. The van der Waals surface area contributed by atoms with E-state index in [4.69, 9.17) is 5.11 Å². The van der Waals surface area contributed by atoms with Gasteiger partial charge in [0.05, 0.1) is 5.54 Å². The summed E-state index contributed by atoms with van der Waals surface area (Å²) < 4.78 is 0. The number of amides is 1. The Hall–Kier alpha value is -2.14. The molecule has 5 nitrogen and oxygen atoms in total. The van der Waals surface area contributed by atoms with Gasteiger partial charge in [-0.1, -0.05) is 44.4 Å². The van der Waals surface area contributed by atoms with Crippen LogP contribution in [0.25, 0.3) is 6.08 Å². The zero-order chi connectivity index (χ0) is 20.5. The first-order valence-corrected chi connectivity index (χ1v) is 11.0. The van der Waals surface area contributed by atoms with E-state index in [0.29, 0.717) is 5.91 Å². The molecule has 0 radical (unpaired) electrons. The minimum absolute atomic E-state index is 0.0195. The van der Waals surface area contributed by atoms with Gasteiger partial charge in [-0.15, -0.1) is 0 Å². The van der Waals surface area contributed by atoms with Crippen molar-refractivity contribution in [2.24, 2.45) is 5.41 Å². The lowest BCUT2D eigenvalue weighted by atomic mass is 9.73. The van der Waals surface area contributed by atoms with Gasteiger partial charge in [-0.05, 0) is 49.5 Å². The Morgan fingerprint density at radius 1 is 1.07 bits per heavy atom. The number of benzene rings is 1. The number of likely N-dealkylation sites (tertiary alicyclic amines) is 1. The van der Waals surface area contributed by atoms with Gasteiger partial charge in [0.2, 0.25) is 5.91 Å². The van der Waals surface area contributed by atoms with Crippen molar-refractivity contribution in [3.05, 3.63) is 35.9 Å². The monoisotopic (exact) mass is 396 g/mol. The first kappa shape index (κ1) is 20.1. The number of hydrogen-bond donors (Lipinski definition) is 1. The largest absolute Gasteiger partial charge is 0.388 e. The molecule has 0 atom stereocenters. The quantitative estimate of drug-likeness (QED) is 0.775. The lowest BCUT2D eigenvalue weighted by Crippen LogP contribution is -2.70. The summed E-state index contributed by atoms with van der Waals surface area (Å²) in [6.07, 6.45) is 11.1. The number of anilines is 1. The van der Waals surface area contributed by atoms with Crippen molar-refractivity contribution >= 4 is 23.5 Å². The van der Waals surface area contributed by atoms with Crippen molar-refractivity contribution in [1.29, 1.82) is 0 Å². The number of aliphatic hydroxyl groups excluding tert-OH is 1. The maximum absolute atomic E-state index is 13.2. The van der Waals surface area contributed by atoms with E-state index < -0.39 is 6.61 Å². The van der Waals surface area contributed by atoms with Crippen LogP contribution in [-0.4, -0.2) is 53.5 Å². The van der Waals surface area contributed by atoms with Crippen LogP contribution in [0.15, 0.2) is 30.3 Å². The second-order valence-electron chi connectivity index (χ2n) is 9.28. The molecule has 1 saturated carbocycles. The number of carbonyl (C=O) groups excluding carboxylic acids is 2. The van der Waals surface area contributed by atoms with Crippen LogP contribution in [0.3, 0.4) is 0 Å². The molecule has 1 aromatic carbocycles. The van der Waals surface area contributed by atoms with E-state index in [-0.39, 0.29) is 16.7 Å². The second-order valence-corrected chi connectivity index (χ2v) is 9.28. The van der Waals surface area contributed by atoms with Gasteiger partial charge in [-0.3, -0.25) is 9.59 Å². The fourth-order valence-corrected chi connectivity index (χ4v) is 5.49. The van der Waals surface area contributed by atoms with Crippen molar-refractivity contribution in [2.75, 3.05) is 31.1 Å². The molecule has 2 saturated heterocycles. The van der Waals surface area contributed by atoms with E-state index in [1.54, 1.807) is 6.08 Å². The summed E-state index contributed by atoms with van der Waals surface area (Å²) in [4.78, 5) is 29.2. The summed E-state index contributed by atoms with van der Waals surface area (Å²) in [7, 11) is 0. The highest BCUT2D eigenvalue weighted by Gasteiger charge is 2.54. The number of rotatable bonds is 5. The van der Waals surface area contributed by atoms with Gasteiger partial charge >= 0.3 is 0 Å². The van der Waals surface area contributed by atoms with Crippen LogP contribution >= 0.6 is 0 Å². The molecule has 29 heavy (non-hydrogen) atoms. The van der Waals surface area contributed by atoms with Crippen molar-refractivity contribution in [3.63, 3.8) is 0 Å². The van der Waals surface area contributed by atoms with Crippen LogP contribution in [0.4, 0.5) is 5.69 Å². The molecule has 1 aliphatic carbocycles. The molecule has 3 fully saturated rings. The van der Waals surface area contributed by atoms with E-state index in [1.807, 2.05) is 18.2 Å². The topological polar surface area (TPSA) is 60.9 Å². The lowest BCUT2D eigenvalue weighted by Gasteiger charge is -2.55. The maximum Gasteiger partial charge on any atom is 0.228 e. The molecule has 2 heterocycles. The fourth-order valence-electron chi connectivity index (χ4n) is 5.49. The third-order valence-electron chi connectivity index (χ3n) is 7.16. The summed E-state index contributed by atoms with van der Waals surface area (Å²) in [5.41, 5.74) is 1.95. The van der Waals surface area contributed by atoms with E-state index in [2.05, 4.69) is 22.8 Å². The number of aliphatic hydroxyl groups is 1. The molecule has 2 aliphatic heterocycles. The van der Waals surface area contributed by atoms with Crippen molar-refractivity contribution in [2.45, 2.75) is 57.4 Å². The van der Waals surface area contributed by atoms with Crippen LogP contribution in [0.1, 0.15) is 57.4 Å². The Kier molecular flexibility index (Phi) is 5.52. The molecular formula is C24H32N2O3. The molecule has 1 amide bonds. The summed E-state index contributed by atoms with van der Waals surface area (Å²) in [6, 6.07) is 8.10. The van der Waals surface area contributed by atoms with Gasteiger partial charge in [0, 0.05) is 30.7 Å². The third-order valence-corrected chi connectivity index (χ3v) is 7.16. The number of para-hydroxylation sites is 1. The van der Waals surface area contributed by atoms with Crippen LogP contribution < -0.4 is 4.90 Å². The lowest BCUT2D eigenvalue weighted by molar-refractivity contribution is -0.150. The van der Waals surface area contributed by atoms with E-state index in [0.717, 1.165) is 56.6 Å². The SMILES string of the molecule is CC1(C(=O)N2CC3(CCCN3c3ccccc3/C=C/C(=O)CO)C2)CCCCC1. The van der Waals surface area contributed by atoms with Gasteiger partial charge < -0.3 is 14.9 Å². The highest BCUT2D eigenvalue weighted by molar-refractivity contribution is 5.95. The van der Waals surface area contributed by atoms with Crippen molar-refractivity contribution < 1.29 is 14.7 Å². The number of carbonyl (C=O) groups is 2. The average Bonchev–Trinajstić information content (AvgIpc) is 3.16. The molecule has 0 unspecified atom stereocenters. The molecule has 1 aromatic rings. The van der Waals surface area contributed by atoms with E-state index in [1.165, 1.54) is 25.3 Å². The fraction of sp³-hybridized carbons (Fsp3) is 0.583. The Morgan fingerprint density at radius 3 is 2.52 bits per heavy atom. The van der Waals surface area contributed by atoms with E-state index in [9.17, 15) is 9.59 Å². The van der Waals surface area contributed by atoms with Crippen LogP contribution in [0, 0.1) is 5.41 Å². The molecule has 0 aromatic heterocycles. The number of nitrogens with zero attached hydrogens (tertiary/aromatic N) is 2. The Balaban J connectivity index is 1.51. The van der Waals surface area contributed by atoms with E-state index >= 15 is 0 Å². The molecule has 1 spiro atoms.